The SMILES string of the molecule is OC(c1ccccc1)(c1ccccc1)c1noc(C[N+]23CCC(CC2)[C@@H](Sc2cccc(Cl)c2)C3)n1. The molecule has 7 rings (SSSR count). The van der Waals surface area contributed by atoms with E-state index < -0.39 is 5.60 Å². The molecule has 4 heterocycles. The molecule has 0 radical (unpaired) electrons. The van der Waals surface area contributed by atoms with Crippen LogP contribution >= 0.6 is 23.4 Å². The highest BCUT2D eigenvalue weighted by Crippen LogP contribution is 2.43. The van der Waals surface area contributed by atoms with Gasteiger partial charge in [0.15, 0.2) is 12.1 Å². The van der Waals surface area contributed by atoms with Crippen molar-refractivity contribution in [3.8, 4) is 0 Å². The largest absolute Gasteiger partial charge is 0.373 e. The maximum Gasteiger partial charge on any atom is 0.282 e. The van der Waals surface area contributed by atoms with Crippen molar-refractivity contribution in [1.82, 2.24) is 10.1 Å². The maximum absolute atomic E-state index is 12.0. The van der Waals surface area contributed by atoms with Gasteiger partial charge in [0.05, 0.1) is 24.9 Å². The predicted molar refractivity (Wildman–Crippen MR) is 142 cm³/mol. The quantitative estimate of drug-likeness (QED) is 0.308. The lowest BCUT2D eigenvalue weighted by Crippen LogP contribution is -2.62. The number of piperidine rings is 3. The minimum atomic E-state index is -1.48. The van der Waals surface area contributed by atoms with Crippen LogP contribution in [-0.4, -0.2) is 44.6 Å². The van der Waals surface area contributed by atoms with Gasteiger partial charge in [-0.15, -0.1) is 11.8 Å². The molecule has 5 nitrogen and oxygen atoms in total. The molecule has 3 aliphatic heterocycles. The lowest BCUT2D eigenvalue weighted by atomic mass is 9.85. The number of aliphatic hydroxyl groups is 1. The third-order valence-electron chi connectivity index (χ3n) is 7.77. The van der Waals surface area contributed by atoms with Crippen LogP contribution in [0, 0.1) is 5.92 Å². The molecule has 0 spiro atoms. The number of hydrogen-bond donors (Lipinski definition) is 1. The van der Waals surface area contributed by atoms with Gasteiger partial charge in [-0.05, 0) is 35.2 Å². The van der Waals surface area contributed by atoms with Crippen molar-refractivity contribution in [3.63, 3.8) is 0 Å². The van der Waals surface area contributed by atoms with Crippen molar-refractivity contribution in [2.45, 2.75) is 35.1 Å². The summed E-state index contributed by atoms with van der Waals surface area (Å²) in [4.78, 5) is 6.02. The fourth-order valence-electron chi connectivity index (χ4n) is 5.83. The van der Waals surface area contributed by atoms with Crippen LogP contribution in [0.25, 0.3) is 0 Å². The van der Waals surface area contributed by atoms with Gasteiger partial charge in [0.2, 0.25) is 5.82 Å². The molecule has 1 atom stereocenters. The molecule has 4 aromatic rings. The molecular weight excluding hydrogens is 490 g/mol. The second-order valence-corrected chi connectivity index (χ2v) is 11.8. The summed E-state index contributed by atoms with van der Waals surface area (Å²) in [7, 11) is 0. The normalized spacial score (nSPS) is 23.6. The Balaban J connectivity index is 1.26. The van der Waals surface area contributed by atoms with E-state index in [0.29, 0.717) is 28.8 Å². The molecule has 3 saturated heterocycles. The molecular formula is C29H29ClN3O2S+. The molecule has 1 aromatic heterocycles. The molecule has 184 valence electrons. The van der Waals surface area contributed by atoms with Crippen molar-refractivity contribution < 1.29 is 14.1 Å². The zero-order chi connectivity index (χ0) is 24.6. The third-order valence-corrected chi connectivity index (χ3v) is 9.37. The van der Waals surface area contributed by atoms with Crippen LogP contribution in [0.15, 0.2) is 94.3 Å². The van der Waals surface area contributed by atoms with E-state index in [9.17, 15) is 5.11 Å². The number of benzene rings is 3. The van der Waals surface area contributed by atoms with E-state index in [1.165, 1.54) is 17.7 Å². The molecule has 0 aliphatic carbocycles. The van der Waals surface area contributed by atoms with Gasteiger partial charge >= 0.3 is 0 Å². The van der Waals surface area contributed by atoms with Crippen LogP contribution in [0.1, 0.15) is 35.7 Å². The molecule has 1 N–H and O–H groups in total. The number of thioether (sulfide) groups is 1. The Morgan fingerprint density at radius 2 is 1.61 bits per heavy atom. The Labute approximate surface area is 220 Å². The predicted octanol–water partition coefficient (Wildman–Crippen LogP) is 5.91. The second-order valence-electron chi connectivity index (χ2n) is 10.0. The number of quaternary nitrogens is 1. The van der Waals surface area contributed by atoms with E-state index in [2.05, 4.69) is 17.3 Å². The van der Waals surface area contributed by atoms with E-state index in [-0.39, 0.29) is 5.82 Å². The van der Waals surface area contributed by atoms with E-state index >= 15 is 0 Å². The van der Waals surface area contributed by atoms with Gasteiger partial charge in [0.1, 0.15) is 0 Å². The highest BCUT2D eigenvalue weighted by atomic mass is 35.5. The first-order valence-electron chi connectivity index (χ1n) is 12.5. The molecule has 0 saturated carbocycles. The fourth-order valence-corrected chi connectivity index (χ4v) is 7.64. The van der Waals surface area contributed by atoms with Crippen molar-refractivity contribution in [2.75, 3.05) is 19.6 Å². The van der Waals surface area contributed by atoms with Crippen LogP contribution in [0.5, 0.6) is 0 Å². The van der Waals surface area contributed by atoms with E-state index in [1.54, 1.807) is 0 Å². The Morgan fingerprint density at radius 1 is 0.944 bits per heavy atom. The van der Waals surface area contributed by atoms with Crippen molar-refractivity contribution in [1.29, 1.82) is 0 Å². The van der Waals surface area contributed by atoms with Crippen LogP contribution < -0.4 is 0 Å². The van der Waals surface area contributed by atoms with Gasteiger partial charge in [-0.2, -0.15) is 4.98 Å². The van der Waals surface area contributed by atoms with Gasteiger partial charge in [-0.25, -0.2) is 0 Å². The monoisotopic (exact) mass is 518 g/mol. The number of halogens is 1. The third kappa shape index (κ3) is 4.48. The number of nitrogens with zero attached hydrogens (tertiary/aromatic N) is 3. The lowest BCUT2D eigenvalue weighted by molar-refractivity contribution is -0.955. The first kappa shape index (κ1) is 23.7. The van der Waals surface area contributed by atoms with Crippen LogP contribution in [0.4, 0.5) is 0 Å². The summed E-state index contributed by atoms with van der Waals surface area (Å²) in [6.45, 7) is 4.00. The van der Waals surface area contributed by atoms with Crippen molar-refractivity contribution in [3.05, 3.63) is 113 Å². The number of aromatic nitrogens is 2. The lowest BCUT2D eigenvalue weighted by Gasteiger charge is -2.51. The summed E-state index contributed by atoms with van der Waals surface area (Å²) in [5, 5.41) is 17.6. The Kier molecular flexibility index (Phi) is 6.38. The van der Waals surface area contributed by atoms with Crippen molar-refractivity contribution in [2.24, 2.45) is 5.92 Å². The standard InChI is InChI=1S/C29H29ClN3O2S/c30-24-12-7-13-25(18-24)36-26-19-33(16-14-21(26)15-17-33)20-27-31-28(32-35-27)29(34,22-8-3-1-4-9-22)23-10-5-2-6-11-23/h1-13,18,21,26,34H,14-17,19-20H2/q+1/t21?,26-,33?/m0/s1. The number of hydrogen-bond acceptors (Lipinski definition) is 5. The average molecular weight is 519 g/mol. The minimum absolute atomic E-state index is 0.282. The summed E-state index contributed by atoms with van der Waals surface area (Å²) in [5.74, 6) is 1.60. The molecule has 7 heteroatoms. The first-order chi connectivity index (χ1) is 17.5. The topological polar surface area (TPSA) is 59.2 Å². The van der Waals surface area contributed by atoms with Crippen LogP contribution in [0.2, 0.25) is 5.02 Å². The highest BCUT2D eigenvalue weighted by molar-refractivity contribution is 8.00. The molecule has 0 amide bonds. The molecule has 36 heavy (non-hydrogen) atoms. The summed E-state index contributed by atoms with van der Waals surface area (Å²) in [6, 6.07) is 27.3. The van der Waals surface area contributed by atoms with Gasteiger partial charge < -0.3 is 14.1 Å². The zero-order valence-corrected chi connectivity index (χ0v) is 21.5. The fraction of sp³-hybridized carbons (Fsp3) is 0.310. The average Bonchev–Trinajstić information content (AvgIpc) is 3.38. The van der Waals surface area contributed by atoms with E-state index in [0.717, 1.165) is 35.1 Å². The summed E-state index contributed by atoms with van der Waals surface area (Å²) in [5.41, 5.74) is -0.0517. The molecule has 3 aliphatic rings. The van der Waals surface area contributed by atoms with Gasteiger partial charge in [0, 0.05) is 22.8 Å². The smallest absolute Gasteiger partial charge is 0.282 e. The van der Waals surface area contributed by atoms with Gasteiger partial charge in [-0.3, -0.25) is 0 Å². The Morgan fingerprint density at radius 3 is 2.25 bits per heavy atom. The van der Waals surface area contributed by atoms with Gasteiger partial charge in [0.25, 0.3) is 5.89 Å². The van der Waals surface area contributed by atoms with Crippen LogP contribution in [0.3, 0.4) is 0 Å². The summed E-state index contributed by atoms with van der Waals surface area (Å²) >= 11 is 8.19. The van der Waals surface area contributed by atoms with Gasteiger partial charge in [-0.1, -0.05) is 83.5 Å². The molecule has 3 aromatic carbocycles. The molecule has 3 fully saturated rings. The second kappa shape index (κ2) is 9.67. The van der Waals surface area contributed by atoms with E-state index in [1.807, 2.05) is 84.6 Å². The number of rotatable bonds is 7. The van der Waals surface area contributed by atoms with Crippen LogP contribution in [-0.2, 0) is 12.1 Å². The summed E-state index contributed by atoms with van der Waals surface area (Å²) in [6.07, 6.45) is 2.41. The Bertz CT molecular complexity index is 1280. The Hall–Kier alpha value is -2.64. The maximum atomic E-state index is 12.0. The van der Waals surface area contributed by atoms with E-state index in [4.69, 9.17) is 21.1 Å². The minimum Gasteiger partial charge on any atom is -0.373 e. The summed E-state index contributed by atoms with van der Waals surface area (Å²) < 4.78 is 6.76. The zero-order valence-electron chi connectivity index (χ0n) is 20.0. The highest BCUT2D eigenvalue weighted by Gasteiger charge is 2.47. The molecule has 2 bridgehead atoms. The van der Waals surface area contributed by atoms with Crippen molar-refractivity contribution >= 4 is 23.4 Å². The number of fused-ring (bicyclic) bond motifs is 3. The first-order valence-corrected chi connectivity index (χ1v) is 13.7. The molecule has 0 unspecified atom stereocenters.